The highest BCUT2D eigenvalue weighted by molar-refractivity contribution is 6.31. The highest BCUT2D eigenvalue weighted by atomic mass is 35.5. The molecule has 0 aliphatic carbocycles. The Bertz CT molecular complexity index is 614. The lowest BCUT2D eigenvalue weighted by molar-refractivity contribution is 0.294. The maximum Gasteiger partial charge on any atom is 0.131 e. The number of benzene rings is 2. The molecule has 1 N–H and O–H groups in total. The first kappa shape index (κ1) is 16.6. The van der Waals surface area contributed by atoms with Crippen LogP contribution < -0.4 is 14.8 Å². The summed E-state index contributed by atoms with van der Waals surface area (Å²) in [5.74, 6) is 0.970. The van der Waals surface area contributed by atoms with E-state index >= 15 is 0 Å². The van der Waals surface area contributed by atoms with E-state index in [9.17, 15) is 4.39 Å². The normalized spacial score (nSPS) is 10.5. The van der Waals surface area contributed by atoms with E-state index in [1.54, 1.807) is 25.3 Å². The van der Waals surface area contributed by atoms with E-state index in [4.69, 9.17) is 21.1 Å². The van der Waals surface area contributed by atoms with Gasteiger partial charge in [0.25, 0.3) is 0 Å². The van der Waals surface area contributed by atoms with Crippen LogP contribution in [0.3, 0.4) is 0 Å². The molecule has 0 amide bonds. The van der Waals surface area contributed by atoms with Crippen LogP contribution in [0.2, 0.25) is 5.02 Å². The van der Waals surface area contributed by atoms with Crippen LogP contribution >= 0.6 is 11.6 Å². The van der Waals surface area contributed by atoms with Crippen molar-refractivity contribution >= 4 is 11.6 Å². The molecule has 0 unspecified atom stereocenters. The van der Waals surface area contributed by atoms with Crippen LogP contribution in [-0.2, 0) is 13.2 Å². The van der Waals surface area contributed by atoms with Gasteiger partial charge in [0.05, 0.1) is 12.1 Å². The van der Waals surface area contributed by atoms with Crippen LogP contribution in [0.4, 0.5) is 4.39 Å². The van der Waals surface area contributed by atoms with Gasteiger partial charge in [-0.25, -0.2) is 4.39 Å². The first-order chi connectivity index (χ1) is 10.7. The average Bonchev–Trinajstić information content (AvgIpc) is 2.53. The van der Waals surface area contributed by atoms with E-state index in [0.717, 1.165) is 12.1 Å². The minimum absolute atomic E-state index is 0.0673. The highest BCUT2D eigenvalue weighted by Crippen LogP contribution is 2.27. The van der Waals surface area contributed by atoms with Gasteiger partial charge in [-0.1, -0.05) is 30.7 Å². The predicted octanol–water partition coefficient (Wildman–Crippen LogP) is 4.18. The van der Waals surface area contributed by atoms with Crippen molar-refractivity contribution in [3.05, 3.63) is 58.4 Å². The minimum Gasteiger partial charge on any atom is -0.497 e. The Labute approximate surface area is 135 Å². The zero-order valence-electron chi connectivity index (χ0n) is 12.7. The molecule has 2 aromatic rings. The van der Waals surface area contributed by atoms with Crippen molar-refractivity contribution in [3.63, 3.8) is 0 Å². The summed E-state index contributed by atoms with van der Waals surface area (Å²) in [7, 11) is 1.59. The molecular weight excluding hydrogens is 305 g/mol. The Balaban J connectivity index is 2.20. The number of rotatable bonds is 7. The van der Waals surface area contributed by atoms with Crippen molar-refractivity contribution in [2.75, 3.05) is 13.7 Å². The molecule has 2 aromatic carbocycles. The van der Waals surface area contributed by atoms with Crippen LogP contribution in [0.25, 0.3) is 0 Å². The molecular formula is C17H19ClFNO2. The Kier molecular flexibility index (Phi) is 6.04. The molecule has 0 heterocycles. The van der Waals surface area contributed by atoms with Crippen molar-refractivity contribution in [1.29, 1.82) is 0 Å². The molecule has 5 heteroatoms. The summed E-state index contributed by atoms with van der Waals surface area (Å²) >= 11 is 6.02. The molecule has 0 aliphatic heterocycles. The second-order valence-corrected chi connectivity index (χ2v) is 5.15. The third kappa shape index (κ3) is 4.12. The Hall–Kier alpha value is -1.78. The molecule has 118 valence electrons. The molecule has 0 atom stereocenters. The number of hydrogen-bond donors (Lipinski definition) is 1. The zero-order chi connectivity index (χ0) is 15.9. The predicted molar refractivity (Wildman–Crippen MR) is 86.1 cm³/mol. The SMILES string of the molecule is CCNCc1ccc(OC)cc1OCc1c(F)cccc1Cl. The molecule has 0 spiro atoms. The van der Waals surface area contributed by atoms with Gasteiger partial charge in [-0.05, 0) is 24.7 Å². The smallest absolute Gasteiger partial charge is 0.131 e. The third-order valence-corrected chi connectivity index (χ3v) is 3.63. The molecule has 22 heavy (non-hydrogen) atoms. The number of methoxy groups -OCH3 is 1. The quantitative estimate of drug-likeness (QED) is 0.829. The molecule has 0 saturated carbocycles. The van der Waals surface area contributed by atoms with Crippen molar-refractivity contribution in [2.24, 2.45) is 0 Å². The Morgan fingerprint density at radius 2 is 2.05 bits per heavy atom. The lowest BCUT2D eigenvalue weighted by Crippen LogP contribution is -2.13. The molecule has 0 radical (unpaired) electrons. The van der Waals surface area contributed by atoms with Gasteiger partial charge in [-0.2, -0.15) is 0 Å². The maximum absolute atomic E-state index is 13.8. The van der Waals surface area contributed by atoms with Crippen LogP contribution in [0.5, 0.6) is 11.5 Å². The summed E-state index contributed by atoms with van der Waals surface area (Å²) in [5, 5.41) is 3.60. The van der Waals surface area contributed by atoms with Gasteiger partial charge in [-0.15, -0.1) is 0 Å². The fourth-order valence-corrected chi connectivity index (χ4v) is 2.24. The van der Waals surface area contributed by atoms with Crippen molar-refractivity contribution in [2.45, 2.75) is 20.1 Å². The van der Waals surface area contributed by atoms with E-state index in [-0.39, 0.29) is 12.4 Å². The lowest BCUT2D eigenvalue weighted by Gasteiger charge is -2.14. The van der Waals surface area contributed by atoms with Gasteiger partial charge in [0.15, 0.2) is 0 Å². The molecule has 0 bridgehead atoms. The summed E-state index contributed by atoms with van der Waals surface area (Å²) in [6.07, 6.45) is 0. The summed E-state index contributed by atoms with van der Waals surface area (Å²) in [4.78, 5) is 0. The van der Waals surface area contributed by atoms with Gasteiger partial charge in [0, 0.05) is 23.7 Å². The Morgan fingerprint density at radius 1 is 1.23 bits per heavy atom. The van der Waals surface area contributed by atoms with E-state index in [1.807, 2.05) is 19.1 Å². The van der Waals surface area contributed by atoms with Crippen LogP contribution in [0, 0.1) is 5.82 Å². The van der Waals surface area contributed by atoms with E-state index < -0.39 is 0 Å². The summed E-state index contributed by atoms with van der Waals surface area (Å²) in [6.45, 7) is 3.62. The average molecular weight is 324 g/mol. The zero-order valence-corrected chi connectivity index (χ0v) is 13.4. The first-order valence-corrected chi connectivity index (χ1v) is 7.46. The van der Waals surface area contributed by atoms with Gasteiger partial charge in [0.1, 0.15) is 23.9 Å². The number of nitrogens with one attached hydrogen (secondary N) is 1. The standard InChI is InChI=1S/C17H19ClFNO2/c1-3-20-10-12-7-8-13(21-2)9-17(12)22-11-14-15(18)5-4-6-16(14)19/h4-9,20H,3,10-11H2,1-2H3. The monoisotopic (exact) mass is 323 g/mol. The highest BCUT2D eigenvalue weighted by Gasteiger charge is 2.10. The van der Waals surface area contributed by atoms with E-state index in [1.165, 1.54) is 6.07 Å². The fourth-order valence-electron chi connectivity index (χ4n) is 2.02. The fraction of sp³-hybridized carbons (Fsp3) is 0.294. The Morgan fingerprint density at radius 3 is 2.73 bits per heavy atom. The van der Waals surface area contributed by atoms with Gasteiger partial charge >= 0.3 is 0 Å². The molecule has 3 nitrogen and oxygen atoms in total. The number of hydrogen-bond acceptors (Lipinski definition) is 3. The summed E-state index contributed by atoms with van der Waals surface area (Å²) in [5.41, 5.74) is 1.33. The molecule has 2 rings (SSSR count). The van der Waals surface area contributed by atoms with Crippen LogP contribution in [0.1, 0.15) is 18.1 Å². The second-order valence-electron chi connectivity index (χ2n) is 4.74. The van der Waals surface area contributed by atoms with E-state index in [2.05, 4.69) is 5.32 Å². The molecule has 0 aliphatic rings. The van der Waals surface area contributed by atoms with Gasteiger partial charge in [-0.3, -0.25) is 0 Å². The first-order valence-electron chi connectivity index (χ1n) is 7.09. The van der Waals surface area contributed by atoms with Crippen LogP contribution in [-0.4, -0.2) is 13.7 Å². The molecule has 0 fully saturated rings. The lowest BCUT2D eigenvalue weighted by atomic mass is 10.2. The van der Waals surface area contributed by atoms with Gasteiger partial charge < -0.3 is 14.8 Å². The van der Waals surface area contributed by atoms with Crippen molar-refractivity contribution < 1.29 is 13.9 Å². The molecule has 0 aromatic heterocycles. The summed E-state index contributed by atoms with van der Waals surface area (Å²) < 4.78 is 24.8. The number of halogens is 2. The minimum atomic E-state index is -0.372. The topological polar surface area (TPSA) is 30.5 Å². The van der Waals surface area contributed by atoms with Gasteiger partial charge in [0.2, 0.25) is 0 Å². The number of ether oxygens (including phenoxy) is 2. The largest absolute Gasteiger partial charge is 0.497 e. The second kappa shape index (κ2) is 8.01. The summed E-state index contributed by atoms with van der Waals surface area (Å²) in [6, 6.07) is 10.2. The molecule has 0 saturated heterocycles. The van der Waals surface area contributed by atoms with Crippen LogP contribution in [0.15, 0.2) is 36.4 Å². The van der Waals surface area contributed by atoms with E-state index in [0.29, 0.717) is 28.6 Å². The maximum atomic E-state index is 13.8. The third-order valence-electron chi connectivity index (χ3n) is 3.27. The van der Waals surface area contributed by atoms with Crippen molar-refractivity contribution in [3.8, 4) is 11.5 Å². The van der Waals surface area contributed by atoms with Crippen molar-refractivity contribution in [1.82, 2.24) is 5.32 Å².